The molecule has 1 amide bonds. The van der Waals surface area contributed by atoms with Gasteiger partial charge in [0, 0.05) is 13.6 Å². The Bertz CT molecular complexity index is 379. The number of hydrogen-bond donors (Lipinski definition) is 3. The van der Waals surface area contributed by atoms with Crippen molar-refractivity contribution in [3.8, 4) is 0 Å². The normalized spacial score (nSPS) is 9.88. The third-order valence-corrected chi connectivity index (χ3v) is 2.26. The average molecular weight is 223 g/mol. The molecule has 0 fully saturated rings. The number of nitrogens with zero attached hydrogens (tertiary/aromatic N) is 2. The van der Waals surface area contributed by atoms with Crippen LogP contribution in [-0.2, 0) is 4.79 Å². The van der Waals surface area contributed by atoms with Gasteiger partial charge in [0.15, 0.2) is 0 Å². The number of nitrogens with one attached hydrogen (secondary N) is 1. The van der Waals surface area contributed by atoms with E-state index in [9.17, 15) is 4.79 Å². The van der Waals surface area contributed by atoms with Gasteiger partial charge in [-0.15, -0.1) is 0 Å². The summed E-state index contributed by atoms with van der Waals surface area (Å²) in [6, 6.07) is 3.43. The molecule has 0 aliphatic rings. The predicted octanol–water partition coefficient (Wildman–Crippen LogP) is -0.182. The fourth-order valence-electron chi connectivity index (χ4n) is 1.26. The molecule has 0 aliphatic heterocycles. The summed E-state index contributed by atoms with van der Waals surface area (Å²) in [6.07, 6.45) is 0. The Balaban J connectivity index is 2.86. The molecular weight excluding hydrogens is 206 g/mol. The summed E-state index contributed by atoms with van der Waals surface area (Å²) >= 11 is 0. The van der Waals surface area contributed by atoms with Gasteiger partial charge < -0.3 is 21.7 Å². The summed E-state index contributed by atoms with van der Waals surface area (Å²) in [7, 11) is 1.60. The van der Waals surface area contributed by atoms with Crippen LogP contribution in [0.25, 0.3) is 0 Å². The molecule has 0 aliphatic carbocycles. The van der Waals surface area contributed by atoms with E-state index in [1.807, 2.05) is 11.8 Å². The van der Waals surface area contributed by atoms with E-state index >= 15 is 0 Å². The van der Waals surface area contributed by atoms with Crippen LogP contribution in [0.4, 0.5) is 17.3 Å². The molecular formula is C10H17N5O. The summed E-state index contributed by atoms with van der Waals surface area (Å²) in [6.45, 7) is 2.87. The minimum Gasteiger partial charge on any atom is -0.396 e. The van der Waals surface area contributed by atoms with E-state index in [1.165, 1.54) is 0 Å². The Labute approximate surface area is 94.6 Å². The van der Waals surface area contributed by atoms with Crippen molar-refractivity contribution >= 4 is 23.2 Å². The highest BCUT2D eigenvalue weighted by molar-refractivity contribution is 5.80. The molecule has 0 saturated heterocycles. The molecule has 1 aromatic rings. The molecule has 1 aromatic heterocycles. The zero-order valence-corrected chi connectivity index (χ0v) is 9.53. The molecule has 0 unspecified atom stereocenters. The summed E-state index contributed by atoms with van der Waals surface area (Å²) in [5, 5.41) is 2.56. The third kappa shape index (κ3) is 2.75. The van der Waals surface area contributed by atoms with Crippen LogP contribution in [-0.4, -0.2) is 31.0 Å². The summed E-state index contributed by atoms with van der Waals surface area (Å²) in [5.41, 5.74) is 11.6. The second-order valence-corrected chi connectivity index (χ2v) is 3.33. The molecule has 0 spiro atoms. The smallest absolute Gasteiger partial charge is 0.239 e. The molecule has 1 rings (SSSR count). The van der Waals surface area contributed by atoms with Crippen molar-refractivity contribution in [2.24, 2.45) is 0 Å². The van der Waals surface area contributed by atoms with Gasteiger partial charge in [-0.2, -0.15) is 0 Å². The van der Waals surface area contributed by atoms with Gasteiger partial charge in [0.2, 0.25) is 5.91 Å². The van der Waals surface area contributed by atoms with Crippen molar-refractivity contribution in [2.75, 3.05) is 36.5 Å². The Morgan fingerprint density at radius 2 is 2.19 bits per heavy atom. The number of rotatable bonds is 4. The zero-order chi connectivity index (χ0) is 12.1. The molecule has 0 radical (unpaired) electrons. The van der Waals surface area contributed by atoms with E-state index in [0.717, 1.165) is 0 Å². The number of likely N-dealkylation sites (N-methyl/N-ethyl adjacent to an activating group) is 2. The maximum atomic E-state index is 11.3. The minimum absolute atomic E-state index is 0.0703. The molecule has 0 aromatic carbocycles. The molecule has 1 heterocycles. The van der Waals surface area contributed by atoms with Gasteiger partial charge in [0.05, 0.1) is 12.2 Å². The summed E-state index contributed by atoms with van der Waals surface area (Å²) in [4.78, 5) is 17.2. The van der Waals surface area contributed by atoms with E-state index < -0.39 is 0 Å². The van der Waals surface area contributed by atoms with E-state index in [4.69, 9.17) is 11.5 Å². The maximum absolute atomic E-state index is 11.3. The lowest BCUT2D eigenvalue weighted by atomic mass is 10.3. The number of nitrogen functional groups attached to an aromatic ring is 2. The molecule has 0 bridgehead atoms. The monoisotopic (exact) mass is 223 g/mol. The van der Waals surface area contributed by atoms with Gasteiger partial charge in [0.25, 0.3) is 0 Å². The van der Waals surface area contributed by atoms with Crippen LogP contribution in [0.15, 0.2) is 12.1 Å². The van der Waals surface area contributed by atoms with Gasteiger partial charge in [0.1, 0.15) is 11.6 Å². The number of anilines is 3. The molecule has 0 saturated carbocycles. The lowest BCUT2D eigenvalue weighted by Gasteiger charge is -2.21. The summed E-state index contributed by atoms with van der Waals surface area (Å²) in [5.74, 6) is 0.865. The maximum Gasteiger partial charge on any atom is 0.239 e. The predicted molar refractivity (Wildman–Crippen MR) is 65.0 cm³/mol. The van der Waals surface area contributed by atoms with Crippen molar-refractivity contribution < 1.29 is 4.79 Å². The lowest BCUT2D eigenvalue weighted by Crippen LogP contribution is -2.36. The molecule has 5 N–H and O–H groups in total. The number of aromatic nitrogens is 1. The van der Waals surface area contributed by atoms with Crippen LogP contribution in [0, 0.1) is 0 Å². The number of amides is 1. The standard InChI is InChI=1S/C10H17N5O/c1-3-15(6-9(16)13-2)8-5-4-7(11)10(12)14-8/h4-5H,3,6,11H2,1-2H3,(H2,12,14)(H,13,16). The van der Waals surface area contributed by atoms with Crippen LogP contribution >= 0.6 is 0 Å². The van der Waals surface area contributed by atoms with E-state index in [1.54, 1.807) is 19.2 Å². The Kier molecular flexibility index (Phi) is 3.93. The Morgan fingerprint density at radius 1 is 1.50 bits per heavy atom. The van der Waals surface area contributed by atoms with Gasteiger partial charge in [-0.1, -0.05) is 0 Å². The first-order valence-corrected chi connectivity index (χ1v) is 5.06. The van der Waals surface area contributed by atoms with Crippen molar-refractivity contribution in [1.29, 1.82) is 0 Å². The van der Waals surface area contributed by atoms with Gasteiger partial charge in [-0.3, -0.25) is 4.79 Å². The van der Waals surface area contributed by atoms with Crippen LogP contribution in [0.3, 0.4) is 0 Å². The van der Waals surface area contributed by atoms with Crippen LogP contribution in [0.2, 0.25) is 0 Å². The largest absolute Gasteiger partial charge is 0.396 e. The molecule has 88 valence electrons. The highest BCUT2D eigenvalue weighted by Gasteiger charge is 2.10. The van der Waals surface area contributed by atoms with Crippen LogP contribution in [0.1, 0.15) is 6.92 Å². The van der Waals surface area contributed by atoms with Gasteiger partial charge >= 0.3 is 0 Å². The fourth-order valence-corrected chi connectivity index (χ4v) is 1.26. The highest BCUT2D eigenvalue weighted by Crippen LogP contribution is 2.17. The summed E-state index contributed by atoms with van der Waals surface area (Å²) < 4.78 is 0. The first kappa shape index (κ1) is 12.1. The van der Waals surface area contributed by atoms with Gasteiger partial charge in [-0.05, 0) is 19.1 Å². The Hall–Kier alpha value is -1.98. The van der Waals surface area contributed by atoms with Crippen LogP contribution in [0.5, 0.6) is 0 Å². The SMILES string of the molecule is CCN(CC(=O)NC)c1ccc(N)c(N)n1. The number of pyridine rings is 1. The fraction of sp³-hybridized carbons (Fsp3) is 0.400. The van der Waals surface area contributed by atoms with Gasteiger partial charge in [-0.25, -0.2) is 4.98 Å². The average Bonchev–Trinajstić information content (AvgIpc) is 2.29. The number of carbonyl (C=O) groups is 1. The number of carbonyl (C=O) groups excluding carboxylic acids is 1. The molecule has 16 heavy (non-hydrogen) atoms. The molecule has 6 nitrogen and oxygen atoms in total. The van der Waals surface area contributed by atoms with Crippen molar-refractivity contribution in [3.63, 3.8) is 0 Å². The van der Waals surface area contributed by atoms with Crippen molar-refractivity contribution in [1.82, 2.24) is 10.3 Å². The quantitative estimate of drug-likeness (QED) is 0.657. The second kappa shape index (κ2) is 5.20. The van der Waals surface area contributed by atoms with Crippen LogP contribution < -0.4 is 21.7 Å². The van der Waals surface area contributed by atoms with E-state index in [2.05, 4.69) is 10.3 Å². The topological polar surface area (TPSA) is 97.3 Å². The molecule has 0 atom stereocenters. The molecule has 6 heteroatoms. The minimum atomic E-state index is -0.0703. The second-order valence-electron chi connectivity index (χ2n) is 3.33. The van der Waals surface area contributed by atoms with Crippen molar-refractivity contribution in [3.05, 3.63) is 12.1 Å². The van der Waals surface area contributed by atoms with Crippen molar-refractivity contribution in [2.45, 2.75) is 6.92 Å². The van der Waals surface area contributed by atoms with E-state index in [0.29, 0.717) is 18.1 Å². The first-order chi connectivity index (χ1) is 7.58. The highest BCUT2D eigenvalue weighted by atomic mass is 16.1. The lowest BCUT2D eigenvalue weighted by molar-refractivity contribution is -0.119. The first-order valence-electron chi connectivity index (χ1n) is 5.06. The Morgan fingerprint density at radius 3 is 2.69 bits per heavy atom. The van der Waals surface area contributed by atoms with E-state index in [-0.39, 0.29) is 18.3 Å². The third-order valence-electron chi connectivity index (χ3n) is 2.26. The zero-order valence-electron chi connectivity index (χ0n) is 9.53. The number of nitrogens with two attached hydrogens (primary N) is 2. The number of hydrogen-bond acceptors (Lipinski definition) is 5.